The first-order valence-electron chi connectivity index (χ1n) is 5.65. The van der Waals surface area contributed by atoms with Gasteiger partial charge >= 0.3 is 0 Å². The lowest BCUT2D eigenvalue weighted by Gasteiger charge is -2.06. The molecule has 0 saturated heterocycles. The predicted molar refractivity (Wildman–Crippen MR) is 64.0 cm³/mol. The van der Waals surface area contributed by atoms with Gasteiger partial charge in [0, 0.05) is 0 Å². The molecule has 0 aliphatic rings. The van der Waals surface area contributed by atoms with E-state index in [-0.39, 0.29) is 5.82 Å². The van der Waals surface area contributed by atoms with Crippen molar-refractivity contribution in [1.82, 2.24) is 0 Å². The van der Waals surface area contributed by atoms with Gasteiger partial charge in [-0.15, -0.1) is 0 Å². The highest BCUT2D eigenvalue weighted by Crippen LogP contribution is 2.09. The Labute approximate surface area is 92.7 Å². The van der Waals surface area contributed by atoms with Crippen LogP contribution >= 0.6 is 0 Å². The normalized spacial score (nSPS) is 12.7. The van der Waals surface area contributed by atoms with Crippen molar-refractivity contribution < 1.29 is 9.19 Å². The minimum atomic E-state index is -1.43. The van der Waals surface area contributed by atoms with Crippen LogP contribution in [0, 0.1) is 5.82 Å². The van der Waals surface area contributed by atoms with E-state index in [0.29, 0.717) is 0 Å². The summed E-state index contributed by atoms with van der Waals surface area (Å²) in [6, 6.07) is 8.63. The summed E-state index contributed by atoms with van der Waals surface area (Å²) in [5, 5.41) is 0. The molecular formula is C12H19FOSi. The van der Waals surface area contributed by atoms with E-state index < -0.39 is 9.04 Å². The van der Waals surface area contributed by atoms with Crippen LogP contribution in [0.15, 0.2) is 24.3 Å². The lowest BCUT2D eigenvalue weighted by Crippen LogP contribution is -2.10. The average Bonchev–Trinajstić information content (AvgIpc) is 2.21. The van der Waals surface area contributed by atoms with E-state index >= 15 is 0 Å². The highest BCUT2D eigenvalue weighted by molar-refractivity contribution is 6.50. The minimum Gasteiger partial charge on any atom is -0.435 e. The summed E-state index contributed by atoms with van der Waals surface area (Å²) in [4.78, 5) is 9.65. The molecule has 0 amide bonds. The molecule has 1 N–H and O–H groups in total. The molecule has 0 radical (unpaired) electrons. The third kappa shape index (κ3) is 5.09. The van der Waals surface area contributed by atoms with Crippen LogP contribution in [-0.2, 0) is 6.42 Å². The Bertz CT molecular complexity index is 273. The van der Waals surface area contributed by atoms with Crippen LogP contribution in [0.4, 0.5) is 4.39 Å². The molecule has 1 unspecified atom stereocenters. The number of rotatable bonds is 6. The van der Waals surface area contributed by atoms with Crippen LogP contribution in [0.2, 0.25) is 12.1 Å². The highest BCUT2D eigenvalue weighted by Gasteiger charge is 2.04. The maximum Gasteiger partial charge on any atom is 0.172 e. The first-order chi connectivity index (χ1) is 7.22. The van der Waals surface area contributed by atoms with Crippen LogP contribution in [-0.4, -0.2) is 13.8 Å². The Kier molecular flexibility index (Phi) is 5.57. The minimum absolute atomic E-state index is 0.181. The molecule has 0 aliphatic carbocycles. The van der Waals surface area contributed by atoms with E-state index in [0.717, 1.165) is 36.9 Å². The molecule has 3 heteroatoms. The third-order valence-corrected chi connectivity index (χ3v) is 4.86. The second-order valence-corrected chi connectivity index (χ2v) is 6.42. The van der Waals surface area contributed by atoms with Gasteiger partial charge in [-0.3, -0.25) is 0 Å². The van der Waals surface area contributed by atoms with Crippen LogP contribution in [0.25, 0.3) is 0 Å². The fraction of sp³-hybridized carbons (Fsp3) is 0.500. The zero-order chi connectivity index (χ0) is 11.1. The summed E-state index contributed by atoms with van der Waals surface area (Å²) in [5.74, 6) is -0.181. The highest BCUT2D eigenvalue weighted by atomic mass is 28.3. The van der Waals surface area contributed by atoms with E-state index in [1.54, 1.807) is 0 Å². The topological polar surface area (TPSA) is 20.2 Å². The van der Waals surface area contributed by atoms with Crippen molar-refractivity contribution in [3.8, 4) is 0 Å². The standard InChI is InChI=1S/C12H19FOSi/c1-2-9-15(14)10-3-4-11-5-7-12(13)8-6-11/h5-8,14-15H,2-4,9-10H2,1H3. The van der Waals surface area contributed by atoms with E-state index in [4.69, 9.17) is 0 Å². The van der Waals surface area contributed by atoms with Crippen molar-refractivity contribution in [2.24, 2.45) is 0 Å². The lowest BCUT2D eigenvalue weighted by atomic mass is 10.1. The van der Waals surface area contributed by atoms with Crippen molar-refractivity contribution in [3.63, 3.8) is 0 Å². The maximum absolute atomic E-state index is 12.6. The molecule has 0 spiro atoms. The molecule has 0 saturated carbocycles. The molecule has 1 atom stereocenters. The van der Waals surface area contributed by atoms with Crippen LogP contribution < -0.4 is 0 Å². The predicted octanol–water partition coefficient (Wildman–Crippen LogP) is 2.88. The smallest absolute Gasteiger partial charge is 0.172 e. The number of benzene rings is 1. The first-order valence-corrected chi connectivity index (χ1v) is 7.80. The SMILES string of the molecule is CCC[SiH](O)CCCc1ccc(F)cc1. The first kappa shape index (κ1) is 12.4. The van der Waals surface area contributed by atoms with Crippen LogP contribution in [0.3, 0.4) is 0 Å². The Morgan fingerprint density at radius 2 is 1.87 bits per heavy atom. The van der Waals surface area contributed by atoms with Crippen molar-refractivity contribution in [2.75, 3.05) is 0 Å². The van der Waals surface area contributed by atoms with E-state index in [2.05, 4.69) is 6.92 Å². The molecule has 0 heterocycles. The number of hydrogen-bond acceptors (Lipinski definition) is 1. The molecule has 0 bridgehead atoms. The Morgan fingerprint density at radius 1 is 1.20 bits per heavy atom. The van der Waals surface area contributed by atoms with Crippen molar-refractivity contribution in [1.29, 1.82) is 0 Å². The van der Waals surface area contributed by atoms with Gasteiger partial charge in [0.15, 0.2) is 9.04 Å². The van der Waals surface area contributed by atoms with Crippen molar-refractivity contribution in [2.45, 2.75) is 38.3 Å². The zero-order valence-electron chi connectivity index (χ0n) is 9.25. The van der Waals surface area contributed by atoms with Gasteiger partial charge in [0.25, 0.3) is 0 Å². The summed E-state index contributed by atoms with van der Waals surface area (Å²) >= 11 is 0. The Balaban J connectivity index is 2.22. The van der Waals surface area contributed by atoms with Gasteiger partial charge in [-0.05, 0) is 42.6 Å². The van der Waals surface area contributed by atoms with Gasteiger partial charge in [0.1, 0.15) is 5.82 Å². The maximum atomic E-state index is 12.6. The second-order valence-electron chi connectivity index (χ2n) is 3.96. The van der Waals surface area contributed by atoms with Gasteiger partial charge < -0.3 is 4.80 Å². The molecular weight excluding hydrogens is 207 g/mol. The summed E-state index contributed by atoms with van der Waals surface area (Å²) in [7, 11) is -1.43. The van der Waals surface area contributed by atoms with Crippen LogP contribution in [0.1, 0.15) is 25.3 Å². The average molecular weight is 226 g/mol. The fourth-order valence-electron chi connectivity index (χ4n) is 1.67. The Hall–Kier alpha value is -0.673. The summed E-state index contributed by atoms with van der Waals surface area (Å²) in [6.45, 7) is 2.11. The largest absolute Gasteiger partial charge is 0.435 e. The van der Waals surface area contributed by atoms with Gasteiger partial charge in [-0.25, -0.2) is 4.39 Å². The number of aryl methyl sites for hydroxylation is 1. The molecule has 1 rings (SSSR count). The molecule has 84 valence electrons. The quantitative estimate of drug-likeness (QED) is 0.740. The monoisotopic (exact) mass is 226 g/mol. The molecule has 1 aromatic carbocycles. The molecule has 1 aromatic rings. The van der Waals surface area contributed by atoms with Crippen LogP contribution in [0.5, 0.6) is 0 Å². The summed E-state index contributed by atoms with van der Waals surface area (Å²) in [6.07, 6.45) is 3.07. The second kappa shape index (κ2) is 6.75. The van der Waals surface area contributed by atoms with E-state index in [9.17, 15) is 9.19 Å². The molecule has 0 aromatic heterocycles. The number of halogens is 1. The van der Waals surface area contributed by atoms with Crippen molar-refractivity contribution in [3.05, 3.63) is 35.6 Å². The van der Waals surface area contributed by atoms with Gasteiger partial charge in [-0.2, -0.15) is 0 Å². The molecule has 0 aliphatic heterocycles. The van der Waals surface area contributed by atoms with Gasteiger partial charge in [0.2, 0.25) is 0 Å². The van der Waals surface area contributed by atoms with Gasteiger partial charge in [0.05, 0.1) is 0 Å². The Morgan fingerprint density at radius 3 is 2.47 bits per heavy atom. The molecule has 1 nitrogen and oxygen atoms in total. The van der Waals surface area contributed by atoms with E-state index in [1.807, 2.05) is 12.1 Å². The molecule has 15 heavy (non-hydrogen) atoms. The molecule has 0 fully saturated rings. The number of hydrogen-bond donors (Lipinski definition) is 1. The third-order valence-electron chi connectivity index (χ3n) is 2.54. The summed E-state index contributed by atoms with van der Waals surface area (Å²) in [5.41, 5.74) is 1.16. The zero-order valence-corrected chi connectivity index (χ0v) is 10.4. The van der Waals surface area contributed by atoms with E-state index in [1.165, 1.54) is 12.1 Å². The summed E-state index contributed by atoms with van der Waals surface area (Å²) < 4.78 is 12.6. The van der Waals surface area contributed by atoms with Crippen molar-refractivity contribution >= 4 is 9.04 Å². The fourth-order valence-corrected chi connectivity index (χ4v) is 3.30. The lowest BCUT2D eigenvalue weighted by molar-refractivity contribution is 0.558. The van der Waals surface area contributed by atoms with Gasteiger partial charge in [-0.1, -0.05) is 25.5 Å².